The lowest BCUT2D eigenvalue weighted by Crippen LogP contribution is -2.34. The summed E-state index contributed by atoms with van der Waals surface area (Å²) in [6.45, 7) is 5.92. The maximum Gasteiger partial charge on any atom is 0.333 e. The molecule has 0 saturated heterocycles. The Kier molecular flexibility index (Phi) is 3.09. The smallest absolute Gasteiger partial charge is 0.306 e. The van der Waals surface area contributed by atoms with Gasteiger partial charge in [-0.2, -0.15) is 0 Å². The molecule has 0 aliphatic heterocycles. The van der Waals surface area contributed by atoms with Gasteiger partial charge < -0.3 is 5.32 Å². The molecule has 4 heteroatoms. The van der Waals surface area contributed by atoms with Crippen LogP contribution in [0.2, 0.25) is 0 Å². The largest absolute Gasteiger partial charge is 0.333 e. The Morgan fingerprint density at radius 3 is 2.14 bits per heavy atom. The van der Waals surface area contributed by atoms with Crippen LogP contribution in [0.25, 0.3) is 0 Å². The molecule has 0 heterocycles. The highest BCUT2D eigenvalue weighted by molar-refractivity contribution is 5.90. The van der Waals surface area contributed by atoms with E-state index in [-0.39, 0.29) is 0 Å². The molecule has 14 heavy (non-hydrogen) atoms. The minimum Gasteiger partial charge on any atom is -0.306 e. The van der Waals surface area contributed by atoms with Crippen molar-refractivity contribution in [1.82, 2.24) is 5.43 Å². The number of urea groups is 1. The Morgan fingerprint density at radius 2 is 1.71 bits per heavy atom. The van der Waals surface area contributed by atoms with Crippen molar-refractivity contribution in [2.75, 3.05) is 5.32 Å². The lowest BCUT2D eigenvalue weighted by Gasteiger charge is -2.11. The molecule has 0 aromatic heterocycles. The summed E-state index contributed by atoms with van der Waals surface area (Å²) in [5.41, 5.74) is 6.10. The second kappa shape index (κ2) is 4.11. The van der Waals surface area contributed by atoms with Gasteiger partial charge in [0, 0.05) is 5.69 Å². The summed E-state index contributed by atoms with van der Waals surface area (Å²) in [7, 11) is 0. The summed E-state index contributed by atoms with van der Waals surface area (Å²) in [4.78, 5) is 11.0. The minimum absolute atomic E-state index is 0.403. The normalized spacial score (nSPS) is 9.71. The number of amides is 2. The standard InChI is InChI=1S/C10H15N3O/c1-6-4-7(2)9(8(3)5-6)12-10(14)13-11/h4-5H,11H2,1-3H3,(H2,12,13,14). The molecule has 0 saturated carbocycles. The number of anilines is 1. The molecule has 0 fully saturated rings. The fourth-order valence-electron chi connectivity index (χ4n) is 1.53. The van der Waals surface area contributed by atoms with Crippen molar-refractivity contribution >= 4 is 11.7 Å². The third-order valence-corrected chi connectivity index (χ3v) is 2.05. The van der Waals surface area contributed by atoms with E-state index in [1.807, 2.05) is 38.3 Å². The predicted octanol–water partition coefficient (Wildman–Crippen LogP) is 1.61. The van der Waals surface area contributed by atoms with Crippen molar-refractivity contribution in [2.45, 2.75) is 20.8 Å². The molecule has 0 radical (unpaired) electrons. The molecule has 1 aromatic rings. The van der Waals surface area contributed by atoms with Gasteiger partial charge in [-0.25, -0.2) is 10.6 Å². The van der Waals surface area contributed by atoms with Gasteiger partial charge in [0.05, 0.1) is 0 Å². The molecular weight excluding hydrogens is 178 g/mol. The molecule has 1 rings (SSSR count). The first-order chi connectivity index (χ1) is 6.54. The topological polar surface area (TPSA) is 67.2 Å². The van der Waals surface area contributed by atoms with E-state index in [1.54, 1.807) is 0 Å². The average Bonchev–Trinajstić information content (AvgIpc) is 2.10. The first kappa shape index (κ1) is 10.5. The van der Waals surface area contributed by atoms with Crippen LogP contribution < -0.4 is 16.6 Å². The van der Waals surface area contributed by atoms with Gasteiger partial charge in [-0.1, -0.05) is 17.7 Å². The molecule has 4 N–H and O–H groups in total. The lowest BCUT2D eigenvalue weighted by atomic mass is 10.1. The van der Waals surface area contributed by atoms with Crippen molar-refractivity contribution in [1.29, 1.82) is 0 Å². The summed E-state index contributed by atoms with van der Waals surface area (Å²) < 4.78 is 0. The Balaban J connectivity index is 3.02. The number of hydrogen-bond acceptors (Lipinski definition) is 2. The number of hydrogen-bond donors (Lipinski definition) is 3. The van der Waals surface area contributed by atoms with Gasteiger partial charge in [0.1, 0.15) is 0 Å². The zero-order valence-corrected chi connectivity index (χ0v) is 8.64. The highest BCUT2D eigenvalue weighted by Crippen LogP contribution is 2.21. The lowest BCUT2D eigenvalue weighted by molar-refractivity contribution is 0.252. The number of carbonyl (C=O) groups is 1. The fraction of sp³-hybridized carbons (Fsp3) is 0.300. The van der Waals surface area contributed by atoms with E-state index in [4.69, 9.17) is 5.84 Å². The summed E-state index contributed by atoms with van der Waals surface area (Å²) in [5.74, 6) is 4.99. The van der Waals surface area contributed by atoms with Crippen LogP contribution in [-0.2, 0) is 0 Å². The average molecular weight is 193 g/mol. The molecule has 0 aliphatic carbocycles. The van der Waals surface area contributed by atoms with Crippen LogP contribution in [0.15, 0.2) is 12.1 Å². The van der Waals surface area contributed by atoms with Crippen molar-refractivity contribution in [3.63, 3.8) is 0 Å². The number of benzene rings is 1. The summed E-state index contributed by atoms with van der Waals surface area (Å²) >= 11 is 0. The van der Waals surface area contributed by atoms with Crippen molar-refractivity contribution in [3.8, 4) is 0 Å². The predicted molar refractivity (Wildman–Crippen MR) is 57.0 cm³/mol. The Bertz CT molecular complexity index is 337. The first-order valence-electron chi connectivity index (χ1n) is 4.40. The van der Waals surface area contributed by atoms with Crippen LogP contribution in [0, 0.1) is 20.8 Å². The number of nitrogens with one attached hydrogen (secondary N) is 2. The third-order valence-electron chi connectivity index (χ3n) is 2.05. The fourth-order valence-corrected chi connectivity index (χ4v) is 1.53. The van der Waals surface area contributed by atoms with E-state index in [1.165, 1.54) is 5.56 Å². The Morgan fingerprint density at radius 1 is 1.21 bits per heavy atom. The molecule has 0 spiro atoms. The van der Waals surface area contributed by atoms with Crippen LogP contribution in [0.5, 0.6) is 0 Å². The van der Waals surface area contributed by atoms with Crippen LogP contribution in [0.1, 0.15) is 16.7 Å². The van der Waals surface area contributed by atoms with Gasteiger partial charge in [-0.15, -0.1) is 0 Å². The monoisotopic (exact) mass is 193 g/mol. The Hall–Kier alpha value is -1.55. The van der Waals surface area contributed by atoms with Gasteiger partial charge in [0.15, 0.2) is 0 Å². The van der Waals surface area contributed by atoms with E-state index in [2.05, 4.69) is 5.32 Å². The second-order valence-electron chi connectivity index (χ2n) is 3.37. The van der Waals surface area contributed by atoms with Crippen molar-refractivity contribution in [2.24, 2.45) is 5.84 Å². The highest BCUT2D eigenvalue weighted by atomic mass is 16.2. The van der Waals surface area contributed by atoms with Gasteiger partial charge in [-0.3, -0.25) is 5.43 Å². The SMILES string of the molecule is Cc1cc(C)c(NC(=O)NN)c(C)c1. The first-order valence-corrected chi connectivity index (χ1v) is 4.40. The molecular formula is C10H15N3O. The van der Waals surface area contributed by atoms with E-state index >= 15 is 0 Å². The molecule has 0 aliphatic rings. The zero-order chi connectivity index (χ0) is 10.7. The van der Waals surface area contributed by atoms with Crippen molar-refractivity contribution in [3.05, 3.63) is 28.8 Å². The van der Waals surface area contributed by atoms with Crippen LogP contribution in [0.4, 0.5) is 10.5 Å². The second-order valence-corrected chi connectivity index (χ2v) is 3.37. The number of nitrogens with two attached hydrogens (primary N) is 1. The third kappa shape index (κ3) is 2.23. The van der Waals surface area contributed by atoms with Gasteiger partial charge in [0.2, 0.25) is 0 Å². The summed E-state index contributed by atoms with van der Waals surface area (Å²) in [6, 6.07) is 3.62. The van der Waals surface area contributed by atoms with Gasteiger partial charge in [-0.05, 0) is 31.9 Å². The molecule has 0 atom stereocenters. The summed E-state index contributed by atoms with van der Waals surface area (Å²) in [5, 5.41) is 2.68. The zero-order valence-electron chi connectivity index (χ0n) is 8.64. The van der Waals surface area contributed by atoms with Gasteiger partial charge >= 0.3 is 6.03 Å². The van der Waals surface area contributed by atoms with Gasteiger partial charge in [0.25, 0.3) is 0 Å². The molecule has 76 valence electrons. The van der Waals surface area contributed by atoms with E-state index < -0.39 is 6.03 Å². The molecule has 0 bridgehead atoms. The number of carbonyl (C=O) groups excluding carboxylic acids is 1. The van der Waals surface area contributed by atoms with Crippen molar-refractivity contribution < 1.29 is 4.79 Å². The highest BCUT2D eigenvalue weighted by Gasteiger charge is 2.06. The van der Waals surface area contributed by atoms with E-state index in [9.17, 15) is 4.79 Å². The van der Waals surface area contributed by atoms with E-state index in [0.717, 1.165) is 16.8 Å². The Labute approximate surface area is 83.5 Å². The minimum atomic E-state index is -0.403. The molecule has 4 nitrogen and oxygen atoms in total. The molecule has 1 aromatic carbocycles. The number of hydrazine groups is 1. The van der Waals surface area contributed by atoms with Crippen LogP contribution >= 0.6 is 0 Å². The van der Waals surface area contributed by atoms with E-state index in [0.29, 0.717) is 0 Å². The maximum atomic E-state index is 11.0. The van der Waals surface area contributed by atoms with Crippen LogP contribution in [-0.4, -0.2) is 6.03 Å². The molecule has 2 amide bonds. The van der Waals surface area contributed by atoms with Crippen LogP contribution in [0.3, 0.4) is 0 Å². The quantitative estimate of drug-likeness (QED) is 0.360. The number of rotatable bonds is 1. The number of aryl methyl sites for hydroxylation is 3. The summed E-state index contributed by atoms with van der Waals surface area (Å²) in [6.07, 6.45) is 0. The maximum absolute atomic E-state index is 11.0. The molecule has 0 unspecified atom stereocenters.